The third-order valence-corrected chi connectivity index (χ3v) is 5.39. The summed E-state index contributed by atoms with van der Waals surface area (Å²) in [7, 11) is -4.97. The zero-order valence-corrected chi connectivity index (χ0v) is 20.0. The molecule has 3 rings (SSSR count). The second kappa shape index (κ2) is 10.8. The summed E-state index contributed by atoms with van der Waals surface area (Å²) in [6.07, 6.45) is 0. The topological polar surface area (TPSA) is 185 Å². The molecule has 1 aliphatic heterocycles. The number of nitrogens with zero attached hydrogens (tertiary/aromatic N) is 1. The number of carbonyl (C=O) groups excluding carboxylic acids is 4. The molecule has 168 valence electrons. The van der Waals surface area contributed by atoms with E-state index in [1.54, 1.807) is 18.2 Å². The number of urea groups is 1. The number of nitrogens with one attached hydrogen (secondary N) is 3. The van der Waals surface area contributed by atoms with Crippen LogP contribution in [0.5, 0.6) is 5.75 Å². The Morgan fingerprint density at radius 2 is 1.67 bits per heavy atom. The molecular weight excluding hydrogens is 467 g/mol. The van der Waals surface area contributed by atoms with E-state index >= 15 is 0 Å². The minimum atomic E-state index is -4.97. The summed E-state index contributed by atoms with van der Waals surface area (Å²) < 4.78 is 32.8. The average Bonchev–Trinajstić information content (AvgIpc) is 2.74. The molecule has 2 unspecified atom stereocenters. The van der Waals surface area contributed by atoms with Gasteiger partial charge in [0.1, 0.15) is 17.8 Å². The Labute approximate surface area is 210 Å². The van der Waals surface area contributed by atoms with E-state index in [0.29, 0.717) is 5.56 Å². The molecule has 5 amide bonds. The van der Waals surface area contributed by atoms with Crippen molar-refractivity contribution in [2.75, 3.05) is 6.54 Å². The minimum absolute atomic E-state index is 0. The van der Waals surface area contributed by atoms with Crippen LogP contribution in [-0.2, 0) is 19.9 Å². The molecule has 0 radical (unpaired) electrons. The number of imide groups is 1. The third-order valence-electron chi connectivity index (χ3n) is 4.52. The van der Waals surface area contributed by atoms with Crippen LogP contribution in [0.15, 0.2) is 54.6 Å². The number of hydrogen-bond donors (Lipinski definition) is 4. The third kappa shape index (κ3) is 6.30. The maximum absolute atomic E-state index is 12.7. The van der Waals surface area contributed by atoms with Gasteiger partial charge in [-0.05, 0) is 17.7 Å². The number of amides is 5. The summed E-state index contributed by atoms with van der Waals surface area (Å²) in [5.74, 6) is -3.24. The quantitative estimate of drug-likeness (QED) is 0.184. The van der Waals surface area contributed by atoms with E-state index < -0.39 is 52.7 Å². The van der Waals surface area contributed by atoms with Gasteiger partial charge in [0.2, 0.25) is 5.91 Å². The average molecular weight is 484 g/mol. The van der Waals surface area contributed by atoms with Gasteiger partial charge in [-0.3, -0.25) is 19.7 Å². The van der Waals surface area contributed by atoms with Gasteiger partial charge in [0.25, 0.3) is 11.8 Å². The Kier molecular flexibility index (Phi) is 8.57. The van der Waals surface area contributed by atoms with E-state index in [1.165, 1.54) is 36.4 Å². The zero-order valence-electron chi connectivity index (χ0n) is 17.2. The number of hydrogen-bond acceptors (Lipinski definition) is 8. The van der Waals surface area contributed by atoms with Gasteiger partial charge in [0.15, 0.2) is 10.3 Å². The molecule has 2 atom stereocenters. The Bertz CT molecular complexity index is 1180. The molecule has 33 heavy (non-hydrogen) atoms. The van der Waals surface area contributed by atoms with Crippen molar-refractivity contribution >= 4 is 34.1 Å². The largest absolute Gasteiger partial charge is 1.00 e. The van der Waals surface area contributed by atoms with E-state index in [0.717, 1.165) is 0 Å². The normalized spacial score (nSPS) is 16.0. The minimum Gasteiger partial charge on any atom is -0.731 e. The number of carbonyl (C=O) groups is 4. The smallest absolute Gasteiger partial charge is 0.731 e. The molecule has 0 aliphatic carbocycles. The molecule has 0 saturated carbocycles. The van der Waals surface area contributed by atoms with Crippen LogP contribution in [0, 0.1) is 0 Å². The standard InChI is InChI=1S/C19H18N4O8S.Na/c24-14-9-5-4-8-12(14)16(25)22-19(28)21-15(11-6-2-1-3-7-11)17(26)20-13-10-23(18(13)27)32(29,30)31;/h1-9,13,15,24H,10H2,(H,20,26)(H,29,30,31)(H2,21,22,25,28);/q;+1/p-1. The van der Waals surface area contributed by atoms with Crippen LogP contribution in [0.1, 0.15) is 22.0 Å². The van der Waals surface area contributed by atoms with Crippen LogP contribution in [0.3, 0.4) is 0 Å². The van der Waals surface area contributed by atoms with Crippen molar-refractivity contribution in [3.63, 3.8) is 0 Å². The first-order chi connectivity index (χ1) is 15.1. The Morgan fingerprint density at radius 3 is 2.24 bits per heavy atom. The van der Waals surface area contributed by atoms with Crippen molar-refractivity contribution in [1.29, 1.82) is 0 Å². The van der Waals surface area contributed by atoms with Crippen molar-refractivity contribution in [1.82, 2.24) is 20.3 Å². The van der Waals surface area contributed by atoms with Gasteiger partial charge < -0.3 is 20.3 Å². The molecule has 1 aliphatic rings. The van der Waals surface area contributed by atoms with Gasteiger partial charge in [-0.15, -0.1) is 0 Å². The Morgan fingerprint density at radius 1 is 1.06 bits per heavy atom. The number of para-hydroxylation sites is 1. The molecular formula is C19H17N4NaO8S. The Hall–Kier alpha value is -2.97. The summed E-state index contributed by atoms with van der Waals surface area (Å²) in [4.78, 5) is 49.1. The molecule has 1 fully saturated rings. The summed E-state index contributed by atoms with van der Waals surface area (Å²) in [5.41, 5.74) is 0.137. The van der Waals surface area contributed by atoms with Gasteiger partial charge in [0.05, 0.1) is 12.1 Å². The maximum atomic E-state index is 12.7. The second-order valence-corrected chi connectivity index (χ2v) is 7.97. The SMILES string of the molecule is O=C(NC(=O)c1ccccc1O)NC(C(=O)NC1CN(S(=O)(=O)[O-])C1=O)c1ccccc1.[Na+]. The van der Waals surface area contributed by atoms with Crippen molar-refractivity contribution in [2.24, 2.45) is 0 Å². The zero-order chi connectivity index (χ0) is 23.5. The van der Waals surface area contributed by atoms with E-state index in [2.05, 4.69) is 10.6 Å². The van der Waals surface area contributed by atoms with Crippen LogP contribution >= 0.6 is 0 Å². The molecule has 4 N–H and O–H groups in total. The van der Waals surface area contributed by atoms with E-state index in [1.807, 2.05) is 5.32 Å². The maximum Gasteiger partial charge on any atom is 1.00 e. The first kappa shape index (κ1) is 26.3. The van der Waals surface area contributed by atoms with Crippen LogP contribution in [0.25, 0.3) is 0 Å². The van der Waals surface area contributed by atoms with Crippen molar-refractivity contribution in [3.8, 4) is 5.75 Å². The van der Waals surface area contributed by atoms with E-state index in [4.69, 9.17) is 0 Å². The van der Waals surface area contributed by atoms with Crippen molar-refractivity contribution in [2.45, 2.75) is 12.1 Å². The molecule has 12 nitrogen and oxygen atoms in total. The van der Waals surface area contributed by atoms with Crippen LogP contribution in [0.2, 0.25) is 0 Å². The fourth-order valence-corrected chi connectivity index (χ4v) is 3.59. The van der Waals surface area contributed by atoms with Gasteiger partial charge in [-0.2, -0.15) is 0 Å². The summed E-state index contributed by atoms with van der Waals surface area (Å²) >= 11 is 0. The van der Waals surface area contributed by atoms with Crippen molar-refractivity contribution in [3.05, 3.63) is 65.7 Å². The van der Waals surface area contributed by atoms with Crippen LogP contribution in [0.4, 0.5) is 4.79 Å². The summed E-state index contributed by atoms with van der Waals surface area (Å²) in [6.45, 7) is -0.532. The molecule has 1 heterocycles. The molecule has 0 spiro atoms. The number of phenolic OH excluding ortho intramolecular Hbond substituents is 1. The monoisotopic (exact) mass is 484 g/mol. The molecule has 14 heteroatoms. The van der Waals surface area contributed by atoms with Gasteiger partial charge in [-0.1, -0.05) is 42.5 Å². The molecule has 1 saturated heterocycles. The number of aromatic hydroxyl groups is 1. The van der Waals surface area contributed by atoms with E-state index in [-0.39, 0.29) is 45.2 Å². The van der Waals surface area contributed by atoms with Crippen LogP contribution < -0.4 is 45.5 Å². The number of β-lactam (4-membered cyclic amide) rings is 1. The molecule has 0 aromatic heterocycles. The predicted octanol–water partition coefficient (Wildman–Crippen LogP) is -3.64. The number of phenols is 1. The number of benzene rings is 2. The summed E-state index contributed by atoms with van der Waals surface area (Å²) in [5, 5.41) is 16.3. The van der Waals surface area contributed by atoms with Gasteiger partial charge in [-0.25, -0.2) is 17.5 Å². The molecule has 2 aromatic rings. The first-order valence-electron chi connectivity index (χ1n) is 9.10. The fourth-order valence-electron chi connectivity index (χ4n) is 2.91. The predicted molar refractivity (Wildman–Crippen MR) is 107 cm³/mol. The molecule has 2 aromatic carbocycles. The Balaban J connectivity index is 0.00000385. The number of rotatable bonds is 6. The van der Waals surface area contributed by atoms with Crippen molar-refractivity contribution < 1.29 is 66.8 Å². The summed E-state index contributed by atoms with van der Waals surface area (Å²) in [6, 6.07) is 9.67. The molecule has 0 bridgehead atoms. The fraction of sp³-hybridized carbons (Fsp3) is 0.158. The van der Waals surface area contributed by atoms with Crippen LogP contribution in [-0.4, -0.2) is 58.7 Å². The second-order valence-electron chi connectivity index (χ2n) is 6.68. The van der Waals surface area contributed by atoms with Gasteiger partial charge >= 0.3 is 35.6 Å². The first-order valence-corrected chi connectivity index (χ1v) is 10.5. The van der Waals surface area contributed by atoms with E-state index in [9.17, 15) is 37.3 Å². The van der Waals surface area contributed by atoms with Gasteiger partial charge in [0, 0.05) is 0 Å².